The summed E-state index contributed by atoms with van der Waals surface area (Å²) in [5, 5.41) is 3.51. The second-order valence-corrected chi connectivity index (χ2v) is 6.86. The molecule has 3 rings (SSSR count). The van der Waals surface area contributed by atoms with E-state index < -0.39 is 0 Å². The summed E-state index contributed by atoms with van der Waals surface area (Å²) in [5.41, 5.74) is 2.48. The van der Waals surface area contributed by atoms with E-state index in [0.29, 0.717) is 28.7 Å². The predicted octanol–water partition coefficient (Wildman–Crippen LogP) is 4.34. The largest absolute Gasteiger partial charge is 0.462 e. The van der Waals surface area contributed by atoms with E-state index in [1.54, 1.807) is 19.1 Å². The van der Waals surface area contributed by atoms with Gasteiger partial charge in [0.2, 0.25) is 0 Å². The van der Waals surface area contributed by atoms with E-state index >= 15 is 0 Å². The van der Waals surface area contributed by atoms with Crippen molar-refractivity contribution in [3.63, 3.8) is 0 Å². The third-order valence-corrected chi connectivity index (χ3v) is 5.01. The fourth-order valence-electron chi connectivity index (χ4n) is 2.66. The summed E-state index contributed by atoms with van der Waals surface area (Å²) in [5.74, 6) is -0.564. The van der Waals surface area contributed by atoms with Gasteiger partial charge in [-0.05, 0) is 43.2 Å². The molecule has 0 bridgehead atoms. The van der Waals surface area contributed by atoms with Gasteiger partial charge in [0.05, 0.1) is 11.6 Å². The number of hydrogen-bond acceptors (Lipinski definition) is 4. The third kappa shape index (κ3) is 4.03. The average Bonchev–Trinajstić information content (AvgIpc) is 3.22. The smallest absolute Gasteiger partial charge is 0.348 e. The Labute approximate surface area is 156 Å². The van der Waals surface area contributed by atoms with Gasteiger partial charge in [-0.15, -0.1) is 11.3 Å². The number of hydrogen-bond donors (Lipinski definition) is 1. The Morgan fingerprint density at radius 2 is 1.92 bits per heavy atom. The van der Waals surface area contributed by atoms with Crippen LogP contribution in [0.4, 0.5) is 5.00 Å². The molecule has 1 amide bonds. The minimum absolute atomic E-state index is 0.206. The van der Waals surface area contributed by atoms with Gasteiger partial charge in [0.25, 0.3) is 5.91 Å². The molecule has 0 fully saturated rings. The summed E-state index contributed by atoms with van der Waals surface area (Å²) in [4.78, 5) is 25.1. The average molecular weight is 368 g/mol. The first kappa shape index (κ1) is 17.9. The maximum atomic E-state index is 12.7. The number of carbonyl (C=O) groups excluding carboxylic acids is 2. The molecule has 1 N–H and O–H groups in total. The van der Waals surface area contributed by atoms with E-state index in [1.165, 1.54) is 11.3 Å². The summed E-state index contributed by atoms with van der Waals surface area (Å²) >= 11 is 1.23. The molecule has 0 spiro atoms. The minimum atomic E-state index is -0.358. The van der Waals surface area contributed by atoms with E-state index in [-0.39, 0.29) is 11.9 Å². The third-order valence-electron chi connectivity index (χ3n) is 3.87. The molecule has 0 radical (unpaired) electrons. The molecule has 0 aliphatic heterocycles. The maximum Gasteiger partial charge on any atom is 0.348 e. The van der Waals surface area contributed by atoms with Gasteiger partial charge in [-0.2, -0.15) is 0 Å². The first-order valence-corrected chi connectivity index (χ1v) is 9.18. The van der Waals surface area contributed by atoms with E-state index in [0.717, 1.165) is 11.1 Å². The number of esters is 1. The van der Waals surface area contributed by atoms with Crippen LogP contribution >= 0.6 is 11.3 Å². The molecule has 0 unspecified atom stereocenters. The lowest BCUT2D eigenvalue weighted by molar-refractivity contribution is 0.0531. The molecule has 0 aliphatic carbocycles. The van der Waals surface area contributed by atoms with Crippen molar-refractivity contribution in [1.29, 1.82) is 0 Å². The summed E-state index contributed by atoms with van der Waals surface area (Å²) in [6.45, 7) is 4.54. The molecule has 1 aromatic carbocycles. The lowest BCUT2D eigenvalue weighted by atomic mass is 10.2. The van der Waals surface area contributed by atoms with Crippen LogP contribution in [0.25, 0.3) is 0 Å². The fourth-order valence-corrected chi connectivity index (χ4v) is 3.62. The van der Waals surface area contributed by atoms with Crippen molar-refractivity contribution in [3.05, 3.63) is 76.4 Å². The van der Waals surface area contributed by atoms with Crippen molar-refractivity contribution >= 4 is 28.2 Å². The number of benzene rings is 1. The van der Waals surface area contributed by atoms with Crippen molar-refractivity contribution in [2.45, 2.75) is 20.4 Å². The topological polar surface area (TPSA) is 60.3 Å². The van der Waals surface area contributed by atoms with Crippen LogP contribution in [0, 0.1) is 6.92 Å². The number of aromatic nitrogens is 1. The maximum absolute atomic E-state index is 12.7. The number of thiophene rings is 1. The molecule has 0 atom stereocenters. The molecule has 5 nitrogen and oxygen atoms in total. The number of nitrogens with zero attached hydrogens (tertiary/aromatic N) is 1. The molecule has 26 heavy (non-hydrogen) atoms. The molecule has 0 saturated carbocycles. The summed E-state index contributed by atoms with van der Waals surface area (Å²) in [6.07, 6.45) is 1.88. The lowest BCUT2D eigenvalue weighted by Gasteiger charge is -2.09. The van der Waals surface area contributed by atoms with E-state index in [2.05, 4.69) is 5.32 Å². The van der Waals surface area contributed by atoms with E-state index in [4.69, 9.17) is 4.74 Å². The first-order chi connectivity index (χ1) is 12.6. The van der Waals surface area contributed by atoms with Crippen molar-refractivity contribution in [2.75, 3.05) is 11.9 Å². The minimum Gasteiger partial charge on any atom is -0.462 e. The summed E-state index contributed by atoms with van der Waals surface area (Å²) in [6, 6.07) is 15.4. The van der Waals surface area contributed by atoms with Crippen LogP contribution in [-0.2, 0) is 11.3 Å². The second-order valence-electron chi connectivity index (χ2n) is 5.80. The van der Waals surface area contributed by atoms with Crippen LogP contribution < -0.4 is 5.32 Å². The van der Waals surface area contributed by atoms with E-state index in [1.807, 2.05) is 54.1 Å². The highest BCUT2D eigenvalue weighted by Crippen LogP contribution is 2.28. The van der Waals surface area contributed by atoms with Gasteiger partial charge >= 0.3 is 5.97 Å². The first-order valence-electron chi connectivity index (χ1n) is 8.36. The van der Waals surface area contributed by atoms with Gasteiger partial charge < -0.3 is 14.6 Å². The van der Waals surface area contributed by atoms with Crippen LogP contribution in [-0.4, -0.2) is 23.1 Å². The predicted molar refractivity (Wildman–Crippen MR) is 103 cm³/mol. The Morgan fingerprint density at radius 1 is 1.15 bits per heavy atom. The van der Waals surface area contributed by atoms with Crippen molar-refractivity contribution in [2.24, 2.45) is 0 Å². The van der Waals surface area contributed by atoms with Gasteiger partial charge in [0, 0.05) is 12.7 Å². The van der Waals surface area contributed by atoms with Gasteiger partial charge in [0.1, 0.15) is 10.6 Å². The van der Waals surface area contributed by atoms with Gasteiger partial charge in [-0.3, -0.25) is 4.79 Å². The zero-order valence-electron chi connectivity index (χ0n) is 14.7. The highest BCUT2D eigenvalue weighted by Gasteiger charge is 2.17. The zero-order chi connectivity index (χ0) is 18.5. The molecule has 134 valence electrons. The van der Waals surface area contributed by atoms with Crippen LogP contribution in [0.5, 0.6) is 0 Å². The number of carbonyl (C=O) groups is 2. The molecular formula is C20H20N2O3S. The van der Waals surface area contributed by atoms with Crippen LogP contribution in [0.2, 0.25) is 0 Å². The molecule has 6 heteroatoms. The molecular weight excluding hydrogens is 348 g/mol. The molecule has 0 aliphatic rings. The highest BCUT2D eigenvalue weighted by atomic mass is 32.1. The summed E-state index contributed by atoms with van der Waals surface area (Å²) < 4.78 is 6.94. The molecule has 2 heterocycles. The van der Waals surface area contributed by atoms with Crippen LogP contribution in [0.1, 0.15) is 38.2 Å². The van der Waals surface area contributed by atoms with E-state index in [9.17, 15) is 9.59 Å². The zero-order valence-corrected chi connectivity index (χ0v) is 15.5. The monoisotopic (exact) mass is 368 g/mol. The quantitative estimate of drug-likeness (QED) is 0.659. The number of anilines is 1. The van der Waals surface area contributed by atoms with Gasteiger partial charge in [-0.1, -0.05) is 30.3 Å². The lowest BCUT2D eigenvalue weighted by Crippen LogP contribution is -2.16. The Hall–Kier alpha value is -2.86. The highest BCUT2D eigenvalue weighted by molar-refractivity contribution is 7.18. The Bertz CT molecular complexity index is 912. The fraction of sp³-hybridized carbons (Fsp3) is 0.200. The summed E-state index contributed by atoms with van der Waals surface area (Å²) in [7, 11) is 0. The van der Waals surface area contributed by atoms with Crippen molar-refractivity contribution < 1.29 is 14.3 Å². The Balaban J connectivity index is 1.74. The normalized spacial score (nSPS) is 10.5. The number of nitrogens with one attached hydrogen (secondary N) is 1. The second kappa shape index (κ2) is 8.01. The Kier molecular flexibility index (Phi) is 5.53. The van der Waals surface area contributed by atoms with Crippen LogP contribution in [0.15, 0.2) is 54.7 Å². The number of amides is 1. The number of aryl methyl sites for hydroxylation is 1. The van der Waals surface area contributed by atoms with Gasteiger partial charge in [-0.25, -0.2) is 4.79 Å². The van der Waals surface area contributed by atoms with Crippen molar-refractivity contribution in [3.8, 4) is 0 Å². The van der Waals surface area contributed by atoms with Crippen LogP contribution in [0.3, 0.4) is 0 Å². The molecule has 3 aromatic rings. The number of ether oxygens (including phenoxy) is 1. The SMILES string of the molecule is CCOC(=O)c1sc(NC(=O)c2cccn2Cc2ccccc2)cc1C. The van der Waals surface area contributed by atoms with Crippen molar-refractivity contribution in [1.82, 2.24) is 4.57 Å². The Morgan fingerprint density at radius 3 is 2.65 bits per heavy atom. The van der Waals surface area contributed by atoms with Gasteiger partial charge in [0.15, 0.2) is 0 Å². The molecule has 2 aromatic heterocycles. The molecule has 0 saturated heterocycles. The standard InChI is InChI=1S/C20H20N2O3S/c1-3-25-20(24)18-14(2)12-17(26-18)21-19(23)16-10-7-11-22(16)13-15-8-5-4-6-9-15/h4-12H,3,13H2,1-2H3,(H,21,23). The number of rotatable bonds is 6.